The fourth-order valence-electron chi connectivity index (χ4n) is 4.11. The lowest BCUT2D eigenvalue weighted by Crippen LogP contribution is -1.97. The molecule has 0 aliphatic carbocycles. The molecule has 0 amide bonds. The molecular formula is C26H55N. The summed E-state index contributed by atoms with van der Waals surface area (Å²) >= 11 is 0. The van der Waals surface area contributed by atoms with E-state index in [-0.39, 0.29) is 0 Å². The minimum Gasteiger partial charge on any atom is -0.330 e. The number of nitrogens with two attached hydrogens (primary N) is 1. The van der Waals surface area contributed by atoms with E-state index >= 15 is 0 Å². The Labute approximate surface area is 173 Å². The van der Waals surface area contributed by atoms with Gasteiger partial charge in [0.15, 0.2) is 0 Å². The highest BCUT2D eigenvalue weighted by molar-refractivity contribution is 4.51. The molecule has 0 aromatic rings. The zero-order valence-corrected chi connectivity index (χ0v) is 19.3. The Bertz CT molecular complexity index is 214. The average Bonchev–Trinajstić information content (AvgIpc) is 2.68. The predicted octanol–water partition coefficient (Wildman–Crippen LogP) is 9.33. The van der Waals surface area contributed by atoms with Gasteiger partial charge in [0.05, 0.1) is 0 Å². The first-order valence-corrected chi connectivity index (χ1v) is 13.1. The van der Waals surface area contributed by atoms with E-state index in [1.165, 1.54) is 154 Å². The minimum atomic E-state index is 0.874. The lowest BCUT2D eigenvalue weighted by Gasteiger charge is -2.04. The summed E-state index contributed by atoms with van der Waals surface area (Å²) in [4.78, 5) is 0. The average molecular weight is 382 g/mol. The minimum absolute atomic E-state index is 0.874. The summed E-state index contributed by atoms with van der Waals surface area (Å²) in [5, 5.41) is 0. The molecule has 27 heavy (non-hydrogen) atoms. The summed E-state index contributed by atoms with van der Waals surface area (Å²) in [5.41, 5.74) is 5.52. The second-order valence-electron chi connectivity index (χ2n) is 8.92. The van der Waals surface area contributed by atoms with Gasteiger partial charge >= 0.3 is 0 Å². The van der Waals surface area contributed by atoms with Crippen LogP contribution in [0.5, 0.6) is 0 Å². The van der Waals surface area contributed by atoms with E-state index in [9.17, 15) is 0 Å². The standard InChI is InChI=1S/C26H55N/c1-2-3-4-5-6-7-8-9-10-11-12-13-14-15-16-17-18-19-20-21-22-23-24-25-26-27/h2-27H2,1H3. The second kappa shape index (κ2) is 26.0. The summed E-state index contributed by atoms with van der Waals surface area (Å²) in [6.45, 7) is 3.18. The van der Waals surface area contributed by atoms with Gasteiger partial charge in [-0.25, -0.2) is 0 Å². The van der Waals surface area contributed by atoms with E-state index in [4.69, 9.17) is 5.73 Å². The van der Waals surface area contributed by atoms with Crippen LogP contribution in [0.25, 0.3) is 0 Å². The van der Waals surface area contributed by atoms with Crippen molar-refractivity contribution in [2.45, 2.75) is 161 Å². The Hall–Kier alpha value is -0.0400. The van der Waals surface area contributed by atoms with Gasteiger partial charge in [0.25, 0.3) is 0 Å². The zero-order chi connectivity index (χ0) is 19.7. The Kier molecular flexibility index (Phi) is 25.9. The third-order valence-electron chi connectivity index (χ3n) is 6.06. The van der Waals surface area contributed by atoms with E-state index in [0.29, 0.717) is 0 Å². The molecule has 0 aromatic heterocycles. The van der Waals surface area contributed by atoms with Gasteiger partial charge in [0, 0.05) is 0 Å². The maximum atomic E-state index is 5.52. The molecule has 0 radical (unpaired) electrons. The van der Waals surface area contributed by atoms with Crippen molar-refractivity contribution in [3.63, 3.8) is 0 Å². The highest BCUT2D eigenvalue weighted by Crippen LogP contribution is 2.15. The first-order valence-electron chi connectivity index (χ1n) is 13.1. The summed E-state index contributed by atoms with van der Waals surface area (Å²) in [7, 11) is 0. The molecule has 0 heterocycles. The lowest BCUT2D eigenvalue weighted by molar-refractivity contribution is 0.517. The van der Waals surface area contributed by atoms with E-state index in [0.717, 1.165) is 6.54 Å². The molecule has 0 aliphatic rings. The van der Waals surface area contributed by atoms with Crippen molar-refractivity contribution in [1.82, 2.24) is 0 Å². The normalized spacial score (nSPS) is 11.3. The molecule has 0 aromatic carbocycles. The van der Waals surface area contributed by atoms with Crippen molar-refractivity contribution in [1.29, 1.82) is 0 Å². The molecule has 0 atom stereocenters. The van der Waals surface area contributed by atoms with Crippen LogP contribution in [-0.2, 0) is 0 Å². The van der Waals surface area contributed by atoms with Gasteiger partial charge in [-0.2, -0.15) is 0 Å². The van der Waals surface area contributed by atoms with Gasteiger partial charge in [-0.1, -0.05) is 155 Å². The van der Waals surface area contributed by atoms with Gasteiger partial charge in [0.1, 0.15) is 0 Å². The number of rotatable bonds is 24. The van der Waals surface area contributed by atoms with Gasteiger partial charge in [-0.3, -0.25) is 0 Å². The monoisotopic (exact) mass is 381 g/mol. The van der Waals surface area contributed by atoms with Crippen LogP contribution in [0.4, 0.5) is 0 Å². The fourth-order valence-corrected chi connectivity index (χ4v) is 4.11. The van der Waals surface area contributed by atoms with E-state index < -0.39 is 0 Å². The topological polar surface area (TPSA) is 26.0 Å². The molecule has 0 bridgehead atoms. The van der Waals surface area contributed by atoms with Crippen LogP contribution in [0.2, 0.25) is 0 Å². The fraction of sp³-hybridized carbons (Fsp3) is 1.00. The van der Waals surface area contributed by atoms with Crippen molar-refractivity contribution in [2.24, 2.45) is 5.73 Å². The number of hydrogen-bond acceptors (Lipinski definition) is 1. The summed E-state index contributed by atoms with van der Waals surface area (Å²) in [6.07, 6.45) is 34.8. The second-order valence-corrected chi connectivity index (χ2v) is 8.92. The Morgan fingerprint density at radius 2 is 0.481 bits per heavy atom. The maximum absolute atomic E-state index is 5.52. The first-order chi connectivity index (χ1) is 13.4. The molecule has 0 spiro atoms. The van der Waals surface area contributed by atoms with Crippen LogP contribution in [-0.4, -0.2) is 6.54 Å². The molecule has 1 nitrogen and oxygen atoms in total. The van der Waals surface area contributed by atoms with Crippen molar-refractivity contribution in [2.75, 3.05) is 6.54 Å². The SMILES string of the molecule is CCCCCCCCCCCCCCCCCCCCCCCCCCN. The molecular weight excluding hydrogens is 326 g/mol. The van der Waals surface area contributed by atoms with E-state index in [1.807, 2.05) is 0 Å². The van der Waals surface area contributed by atoms with Gasteiger partial charge < -0.3 is 5.73 Å². The molecule has 0 saturated carbocycles. The highest BCUT2D eigenvalue weighted by Gasteiger charge is 1.95. The van der Waals surface area contributed by atoms with Crippen LogP contribution in [0.1, 0.15) is 161 Å². The van der Waals surface area contributed by atoms with Crippen molar-refractivity contribution in [3.8, 4) is 0 Å². The lowest BCUT2D eigenvalue weighted by atomic mass is 10.0. The smallest absolute Gasteiger partial charge is 0.00773 e. The quantitative estimate of drug-likeness (QED) is 0.166. The van der Waals surface area contributed by atoms with E-state index in [1.54, 1.807) is 0 Å². The first kappa shape index (κ1) is 27.0. The largest absolute Gasteiger partial charge is 0.330 e. The van der Waals surface area contributed by atoms with Gasteiger partial charge in [0.2, 0.25) is 0 Å². The number of hydrogen-bond donors (Lipinski definition) is 1. The molecule has 0 unspecified atom stereocenters. The molecule has 164 valence electrons. The summed E-state index contributed by atoms with van der Waals surface area (Å²) in [5.74, 6) is 0. The van der Waals surface area contributed by atoms with Crippen molar-refractivity contribution >= 4 is 0 Å². The predicted molar refractivity (Wildman–Crippen MR) is 126 cm³/mol. The molecule has 0 aliphatic heterocycles. The maximum Gasteiger partial charge on any atom is -0.00773 e. The summed E-state index contributed by atoms with van der Waals surface area (Å²) < 4.78 is 0. The van der Waals surface area contributed by atoms with Crippen LogP contribution in [0, 0.1) is 0 Å². The van der Waals surface area contributed by atoms with Crippen LogP contribution in [0.3, 0.4) is 0 Å². The Balaban J connectivity index is 2.95. The molecule has 2 N–H and O–H groups in total. The molecule has 0 fully saturated rings. The van der Waals surface area contributed by atoms with Crippen molar-refractivity contribution in [3.05, 3.63) is 0 Å². The van der Waals surface area contributed by atoms with Gasteiger partial charge in [-0.05, 0) is 13.0 Å². The molecule has 1 heteroatoms. The van der Waals surface area contributed by atoms with Crippen molar-refractivity contribution < 1.29 is 0 Å². The Morgan fingerprint density at radius 3 is 0.667 bits per heavy atom. The molecule has 0 rings (SSSR count). The van der Waals surface area contributed by atoms with Crippen LogP contribution < -0.4 is 5.73 Å². The van der Waals surface area contributed by atoms with Gasteiger partial charge in [-0.15, -0.1) is 0 Å². The highest BCUT2D eigenvalue weighted by atomic mass is 14.5. The van der Waals surface area contributed by atoms with Crippen LogP contribution >= 0.6 is 0 Å². The van der Waals surface area contributed by atoms with E-state index in [2.05, 4.69) is 6.92 Å². The number of unbranched alkanes of at least 4 members (excludes halogenated alkanes) is 23. The third kappa shape index (κ3) is 26.0. The summed E-state index contributed by atoms with van der Waals surface area (Å²) in [6, 6.07) is 0. The molecule has 0 saturated heterocycles. The zero-order valence-electron chi connectivity index (χ0n) is 19.3. The third-order valence-corrected chi connectivity index (χ3v) is 6.06. The Morgan fingerprint density at radius 1 is 0.296 bits per heavy atom. The van der Waals surface area contributed by atoms with Crippen LogP contribution in [0.15, 0.2) is 0 Å².